The average molecular weight is 382 g/mol. The summed E-state index contributed by atoms with van der Waals surface area (Å²) in [5.41, 5.74) is 1.67. The summed E-state index contributed by atoms with van der Waals surface area (Å²) < 4.78 is 5.24. The Balaban J connectivity index is 1.90. The van der Waals surface area contributed by atoms with Gasteiger partial charge in [-0.15, -0.1) is 0 Å². The Morgan fingerprint density at radius 3 is 2.39 bits per heavy atom. The lowest BCUT2D eigenvalue weighted by atomic mass is 10.0. The minimum absolute atomic E-state index is 0.0262. The van der Waals surface area contributed by atoms with Gasteiger partial charge < -0.3 is 9.32 Å². The van der Waals surface area contributed by atoms with Crippen LogP contribution in [-0.2, 0) is 9.59 Å². The lowest BCUT2D eigenvalue weighted by molar-refractivity contribution is -0.122. The first kappa shape index (κ1) is 19.9. The number of hydrogen-bond donors (Lipinski definition) is 0. The lowest BCUT2D eigenvalue weighted by Crippen LogP contribution is -2.49. The highest BCUT2D eigenvalue weighted by Crippen LogP contribution is 2.29. The number of furan rings is 1. The normalized spacial score (nSPS) is 18.0. The van der Waals surface area contributed by atoms with Gasteiger partial charge in [-0.25, -0.2) is 4.90 Å². The van der Waals surface area contributed by atoms with E-state index < -0.39 is 6.04 Å². The van der Waals surface area contributed by atoms with Crippen LogP contribution in [0.3, 0.4) is 0 Å². The van der Waals surface area contributed by atoms with Crippen molar-refractivity contribution in [1.29, 1.82) is 0 Å². The zero-order valence-electron chi connectivity index (χ0n) is 16.7. The number of hydrogen-bond acceptors (Lipinski definition) is 4. The summed E-state index contributed by atoms with van der Waals surface area (Å²) in [4.78, 5) is 41.5. The molecule has 2 aromatic rings. The van der Waals surface area contributed by atoms with Crippen molar-refractivity contribution in [2.45, 2.75) is 58.5 Å². The van der Waals surface area contributed by atoms with Crippen LogP contribution in [0.25, 0.3) is 0 Å². The van der Waals surface area contributed by atoms with Gasteiger partial charge in [-0.2, -0.15) is 0 Å². The van der Waals surface area contributed by atoms with E-state index in [2.05, 4.69) is 13.8 Å². The summed E-state index contributed by atoms with van der Waals surface area (Å²) in [6.07, 6.45) is 2.06. The second-order valence-corrected chi connectivity index (χ2v) is 7.48. The molecule has 0 radical (unpaired) electrons. The molecule has 2 atom stereocenters. The minimum atomic E-state index is -0.829. The van der Waals surface area contributed by atoms with Crippen LogP contribution in [-0.4, -0.2) is 34.7 Å². The van der Waals surface area contributed by atoms with E-state index in [1.165, 1.54) is 16.1 Å². The van der Waals surface area contributed by atoms with Crippen molar-refractivity contribution in [3.8, 4) is 0 Å². The van der Waals surface area contributed by atoms with Crippen molar-refractivity contribution >= 4 is 23.4 Å². The van der Waals surface area contributed by atoms with Crippen molar-refractivity contribution < 1.29 is 18.8 Å². The molecule has 1 aliphatic heterocycles. The first-order valence-electron chi connectivity index (χ1n) is 9.68. The molecule has 1 aromatic carbocycles. The van der Waals surface area contributed by atoms with Gasteiger partial charge in [-0.3, -0.25) is 14.4 Å². The molecule has 1 fully saturated rings. The molecule has 2 heterocycles. The van der Waals surface area contributed by atoms with E-state index in [1.807, 2.05) is 26.0 Å². The molecule has 1 saturated heterocycles. The fourth-order valence-corrected chi connectivity index (χ4v) is 3.49. The van der Waals surface area contributed by atoms with Crippen molar-refractivity contribution in [2.24, 2.45) is 0 Å². The number of benzene rings is 1. The van der Waals surface area contributed by atoms with Crippen LogP contribution >= 0.6 is 0 Å². The van der Waals surface area contributed by atoms with Crippen LogP contribution in [0.4, 0.5) is 5.69 Å². The molecule has 1 aromatic heterocycles. The maximum Gasteiger partial charge on any atom is 0.290 e. The predicted molar refractivity (Wildman–Crippen MR) is 106 cm³/mol. The number of carbonyl (C=O) groups excluding carboxylic acids is 3. The van der Waals surface area contributed by atoms with Crippen molar-refractivity contribution in [1.82, 2.24) is 4.90 Å². The summed E-state index contributed by atoms with van der Waals surface area (Å²) in [6, 6.07) is 9.59. The Labute approximate surface area is 165 Å². The van der Waals surface area contributed by atoms with E-state index in [-0.39, 0.29) is 35.9 Å². The monoisotopic (exact) mass is 382 g/mol. The molecule has 148 valence electrons. The maximum atomic E-state index is 13.2. The van der Waals surface area contributed by atoms with E-state index in [0.29, 0.717) is 18.0 Å². The Morgan fingerprint density at radius 2 is 1.86 bits per heavy atom. The summed E-state index contributed by atoms with van der Waals surface area (Å²) in [6.45, 7) is 7.98. The van der Waals surface area contributed by atoms with Crippen LogP contribution in [0.15, 0.2) is 47.1 Å². The Kier molecular flexibility index (Phi) is 5.68. The third-order valence-electron chi connectivity index (χ3n) is 5.31. The summed E-state index contributed by atoms with van der Waals surface area (Å²) in [7, 11) is 0. The Bertz CT molecular complexity index is 855. The molecule has 6 heteroatoms. The van der Waals surface area contributed by atoms with Crippen LogP contribution < -0.4 is 4.90 Å². The van der Waals surface area contributed by atoms with Gasteiger partial charge in [-0.05, 0) is 49.1 Å². The van der Waals surface area contributed by atoms with E-state index in [4.69, 9.17) is 4.42 Å². The summed E-state index contributed by atoms with van der Waals surface area (Å²) >= 11 is 0. The molecular weight excluding hydrogens is 356 g/mol. The molecule has 0 spiro atoms. The predicted octanol–water partition coefficient (Wildman–Crippen LogP) is 3.98. The quantitative estimate of drug-likeness (QED) is 0.709. The second-order valence-electron chi connectivity index (χ2n) is 7.48. The number of imide groups is 1. The molecule has 0 aliphatic carbocycles. The lowest BCUT2D eigenvalue weighted by Gasteiger charge is -2.32. The van der Waals surface area contributed by atoms with Gasteiger partial charge in [0.1, 0.15) is 6.04 Å². The maximum absolute atomic E-state index is 13.2. The molecule has 0 bridgehead atoms. The van der Waals surface area contributed by atoms with Crippen LogP contribution in [0, 0.1) is 0 Å². The molecule has 1 aliphatic rings. The zero-order chi connectivity index (χ0) is 20.4. The molecule has 0 N–H and O–H groups in total. The van der Waals surface area contributed by atoms with Crippen molar-refractivity contribution in [2.75, 3.05) is 4.90 Å². The Hall–Kier alpha value is -2.89. The van der Waals surface area contributed by atoms with E-state index in [9.17, 15) is 14.4 Å². The summed E-state index contributed by atoms with van der Waals surface area (Å²) in [5.74, 6) is -0.517. The number of rotatable bonds is 6. The minimum Gasteiger partial charge on any atom is -0.459 e. The molecule has 3 amide bonds. The molecule has 2 unspecified atom stereocenters. The topological polar surface area (TPSA) is 70.8 Å². The molecule has 0 saturated carbocycles. The highest BCUT2D eigenvalue weighted by atomic mass is 16.3. The van der Waals surface area contributed by atoms with Gasteiger partial charge >= 0.3 is 0 Å². The zero-order valence-corrected chi connectivity index (χ0v) is 16.7. The molecule has 6 nitrogen and oxygen atoms in total. The number of anilines is 1. The first-order chi connectivity index (χ1) is 13.3. The SMILES string of the molecule is CCC(C)N(C(=O)c1ccco1)C1CC(=O)N(c2ccc(C(C)C)cc2)C1=O. The van der Waals surface area contributed by atoms with Gasteiger partial charge in [0, 0.05) is 6.04 Å². The van der Waals surface area contributed by atoms with Gasteiger partial charge in [-0.1, -0.05) is 32.9 Å². The van der Waals surface area contributed by atoms with Crippen LogP contribution in [0.1, 0.15) is 62.6 Å². The number of nitrogens with zero attached hydrogens (tertiary/aromatic N) is 2. The fraction of sp³-hybridized carbons (Fsp3) is 0.409. The van der Waals surface area contributed by atoms with Gasteiger partial charge in [0.25, 0.3) is 11.8 Å². The van der Waals surface area contributed by atoms with Gasteiger partial charge in [0.05, 0.1) is 18.4 Å². The molecule has 3 rings (SSSR count). The first-order valence-corrected chi connectivity index (χ1v) is 9.68. The van der Waals surface area contributed by atoms with E-state index in [0.717, 1.165) is 5.56 Å². The third kappa shape index (κ3) is 3.59. The standard InChI is InChI=1S/C22H26N2O4/c1-5-15(4)23(22(27)19-7-6-12-28-19)18-13-20(25)24(21(18)26)17-10-8-16(9-11-17)14(2)3/h6-12,14-15,18H,5,13H2,1-4H3. The third-order valence-corrected chi connectivity index (χ3v) is 5.31. The summed E-state index contributed by atoms with van der Waals surface area (Å²) in [5, 5.41) is 0. The number of carbonyl (C=O) groups is 3. The second kappa shape index (κ2) is 8.00. The smallest absolute Gasteiger partial charge is 0.290 e. The Morgan fingerprint density at radius 1 is 1.18 bits per heavy atom. The van der Waals surface area contributed by atoms with Crippen molar-refractivity contribution in [3.05, 3.63) is 54.0 Å². The van der Waals surface area contributed by atoms with Gasteiger partial charge in [0.2, 0.25) is 5.91 Å². The van der Waals surface area contributed by atoms with Crippen LogP contribution in [0.5, 0.6) is 0 Å². The van der Waals surface area contributed by atoms with Gasteiger partial charge in [0.15, 0.2) is 5.76 Å². The van der Waals surface area contributed by atoms with E-state index in [1.54, 1.807) is 24.3 Å². The van der Waals surface area contributed by atoms with E-state index >= 15 is 0 Å². The highest BCUT2D eigenvalue weighted by Gasteiger charge is 2.46. The highest BCUT2D eigenvalue weighted by molar-refractivity contribution is 6.23. The largest absolute Gasteiger partial charge is 0.459 e. The fourth-order valence-electron chi connectivity index (χ4n) is 3.49. The van der Waals surface area contributed by atoms with Crippen LogP contribution in [0.2, 0.25) is 0 Å². The molecule has 28 heavy (non-hydrogen) atoms. The average Bonchev–Trinajstić information content (AvgIpc) is 3.31. The molecular formula is C22H26N2O4. The number of amides is 3. The van der Waals surface area contributed by atoms with Crippen molar-refractivity contribution in [3.63, 3.8) is 0 Å².